The number of hydrogen-bond donors (Lipinski definition) is 2. The Labute approximate surface area is 134 Å². The fraction of sp³-hybridized carbons (Fsp3) is 0.733. The molecule has 1 heterocycles. The van der Waals surface area contributed by atoms with Crippen LogP contribution < -0.4 is 10.9 Å². The molecule has 0 amide bonds. The van der Waals surface area contributed by atoms with Gasteiger partial charge in [0.15, 0.2) is 0 Å². The minimum atomic E-state index is -0.463. The standard InChI is InChI=1S/C15H26BrN3O2/c1-10(2)9-19-14(21)13(16)12(8-18-19)17-7-11(20)6-15(3,4)5/h8,10-11,17,20H,6-7,9H2,1-5H3. The molecule has 0 aliphatic rings. The maximum absolute atomic E-state index is 12.1. The van der Waals surface area contributed by atoms with Crippen molar-refractivity contribution >= 4 is 21.6 Å². The highest BCUT2D eigenvalue weighted by Gasteiger charge is 2.17. The van der Waals surface area contributed by atoms with E-state index in [0.717, 1.165) is 0 Å². The van der Waals surface area contributed by atoms with Crippen molar-refractivity contribution in [1.82, 2.24) is 9.78 Å². The van der Waals surface area contributed by atoms with Gasteiger partial charge in [0.05, 0.1) is 18.0 Å². The first-order valence-electron chi connectivity index (χ1n) is 7.27. The quantitative estimate of drug-likeness (QED) is 0.819. The average molecular weight is 360 g/mol. The number of aliphatic hydroxyl groups excluding tert-OH is 1. The van der Waals surface area contributed by atoms with Crippen molar-refractivity contribution in [2.45, 2.75) is 53.7 Å². The van der Waals surface area contributed by atoms with E-state index in [-0.39, 0.29) is 11.0 Å². The predicted octanol–water partition coefficient (Wildman–Crippen LogP) is 2.87. The van der Waals surface area contributed by atoms with Crippen LogP contribution in [-0.4, -0.2) is 27.5 Å². The number of aromatic nitrogens is 2. The zero-order valence-corrected chi connectivity index (χ0v) is 15.1. The highest BCUT2D eigenvalue weighted by Crippen LogP contribution is 2.22. The number of nitrogens with zero attached hydrogens (tertiary/aromatic N) is 2. The summed E-state index contributed by atoms with van der Waals surface area (Å²) in [6, 6.07) is 0. The normalized spacial score (nSPS) is 13.5. The molecule has 21 heavy (non-hydrogen) atoms. The highest BCUT2D eigenvalue weighted by atomic mass is 79.9. The Morgan fingerprint density at radius 1 is 1.43 bits per heavy atom. The molecule has 120 valence electrons. The molecule has 5 nitrogen and oxygen atoms in total. The smallest absolute Gasteiger partial charge is 0.283 e. The Morgan fingerprint density at radius 2 is 2.05 bits per heavy atom. The number of hydrogen-bond acceptors (Lipinski definition) is 4. The van der Waals surface area contributed by atoms with E-state index < -0.39 is 6.10 Å². The summed E-state index contributed by atoms with van der Waals surface area (Å²) in [6.07, 6.45) is 1.85. The number of rotatable bonds is 6. The van der Waals surface area contributed by atoms with Gasteiger partial charge in [-0.25, -0.2) is 4.68 Å². The molecule has 1 aromatic rings. The van der Waals surface area contributed by atoms with Crippen LogP contribution in [-0.2, 0) is 6.54 Å². The molecule has 6 heteroatoms. The molecule has 0 saturated carbocycles. The summed E-state index contributed by atoms with van der Waals surface area (Å²) in [7, 11) is 0. The zero-order chi connectivity index (χ0) is 16.2. The minimum absolute atomic E-state index is 0.0667. The van der Waals surface area contributed by atoms with Crippen LogP contribution in [0.15, 0.2) is 15.5 Å². The molecule has 1 unspecified atom stereocenters. The second-order valence-electron chi connectivity index (χ2n) is 7.05. The van der Waals surface area contributed by atoms with Gasteiger partial charge in [0.25, 0.3) is 5.56 Å². The van der Waals surface area contributed by atoms with E-state index in [2.05, 4.69) is 47.1 Å². The lowest BCUT2D eigenvalue weighted by Crippen LogP contribution is -2.29. The van der Waals surface area contributed by atoms with E-state index in [1.165, 1.54) is 4.68 Å². The lowest BCUT2D eigenvalue weighted by Gasteiger charge is -2.23. The second-order valence-corrected chi connectivity index (χ2v) is 7.85. The Morgan fingerprint density at radius 3 is 2.57 bits per heavy atom. The summed E-state index contributed by atoms with van der Waals surface area (Å²) in [6.45, 7) is 11.3. The van der Waals surface area contributed by atoms with Crippen molar-refractivity contribution in [3.05, 3.63) is 21.0 Å². The van der Waals surface area contributed by atoms with E-state index in [1.54, 1.807) is 6.20 Å². The first kappa shape index (κ1) is 18.2. The SMILES string of the molecule is CC(C)Cn1ncc(NCC(O)CC(C)(C)C)c(Br)c1=O. The molecule has 1 aromatic heterocycles. The lowest BCUT2D eigenvalue weighted by atomic mass is 9.89. The molecule has 0 aromatic carbocycles. The van der Waals surface area contributed by atoms with Crippen LogP contribution >= 0.6 is 15.9 Å². The van der Waals surface area contributed by atoms with Gasteiger partial charge in [0.2, 0.25) is 0 Å². The molecule has 0 fully saturated rings. The molecular formula is C15H26BrN3O2. The number of nitrogens with one attached hydrogen (secondary N) is 1. The predicted molar refractivity (Wildman–Crippen MR) is 89.6 cm³/mol. The van der Waals surface area contributed by atoms with Gasteiger partial charge in [0, 0.05) is 13.1 Å². The van der Waals surface area contributed by atoms with Crippen LogP contribution in [0.5, 0.6) is 0 Å². The Bertz CT molecular complexity index is 521. The molecule has 0 bridgehead atoms. The summed E-state index contributed by atoms with van der Waals surface area (Å²) >= 11 is 3.32. The van der Waals surface area contributed by atoms with E-state index in [4.69, 9.17) is 0 Å². The molecule has 1 rings (SSSR count). The second kappa shape index (κ2) is 7.40. The van der Waals surface area contributed by atoms with Gasteiger partial charge in [0.1, 0.15) is 4.47 Å². The first-order chi connectivity index (χ1) is 9.60. The summed E-state index contributed by atoms with van der Waals surface area (Å²) in [5, 5.41) is 17.2. The molecule has 0 aliphatic heterocycles. The summed E-state index contributed by atoms with van der Waals surface area (Å²) in [4.78, 5) is 12.1. The fourth-order valence-corrected chi connectivity index (χ4v) is 2.52. The van der Waals surface area contributed by atoms with Gasteiger partial charge in [-0.3, -0.25) is 4.79 Å². The van der Waals surface area contributed by atoms with Crippen molar-refractivity contribution in [2.75, 3.05) is 11.9 Å². The van der Waals surface area contributed by atoms with E-state index in [9.17, 15) is 9.90 Å². The first-order valence-corrected chi connectivity index (χ1v) is 8.07. The summed E-state index contributed by atoms with van der Waals surface area (Å²) in [5.74, 6) is 0.356. The molecule has 0 aliphatic carbocycles. The van der Waals surface area contributed by atoms with Gasteiger partial charge < -0.3 is 10.4 Å². The van der Waals surface area contributed by atoms with Crippen LogP contribution in [0.3, 0.4) is 0 Å². The summed E-state index contributed by atoms with van der Waals surface area (Å²) < 4.78 is 1.91. The molecule has 0 saturated heterocycles. The monoisotopic (exact) mass is 359 g/mol. The lowest BCUT2D eigenvalue weighted by molar-refractivity contribution is 0.132. The third-order valence-corrected chi connectivity index (χ3v) is 3.67. The average Bonchev–Trinajstić information content (AvgIpc) is 2.31. The van der Waals surface area contributed by atoms with Gasteiger partial charge in [-0.05, 0) is 33.7 Å². The van der Waals surface area contributed by atoms with Crippen molar-refractivity contribution < 1.29 is 5.11 Å². The Hall–Kier alpha value is -0.880. The largest absolute Gasteiger partial charge is 0.391 e. The van der Waals surface area contributed by atoms with Gasteiger partial charge in [-0.15, -0.1) is 0 Å². The third-order valence-electron chi connectivity index (χ3n) is 2.90. The van der Waals surface area contributed by atoms with E-state index >= 15 is 0 Å². The molecule has 0 radical (unpaired) electrons. The number of halogens is 1. The minimum Gasteiger partial charge on any atom is -0.391 e. The Balaban J connectivity index is 2.73. The van der Waals surface area contributed by atoms with Crippen molar-refractivity contribution in [1.29, 1.82) is 0 Å². The Kier molecular flexibility index (Phi) is 6.41. The van der Waals surface area contributed by atoms with Crippen LogP contribution in [0.1, 0.15) is 41.0 Å². The highest BCUT2D eigenvalue weighted by molar-refractivity contribution is 9.10. The number of anilines is 1. The molecule has 0 spiro atoms. The van der Waals surface area contributed by atoms with Gasteiger partial charge in [-0.1, -0.05) is 34.6 Å². The van der Waals surface area contributed by atoms with Crippen LogP contribution in [0.25, 0.3) is 0 Å². The summed E-state index contributed by atoms with van der Waals surface area (Å²) in [5.41, 5.74) is 0.532. The topological polar surface area (TPSA) is 67.2 Å². The van der Waals surface area contributed by atoms with Crippen LogP contribution in [0, 0.1) is 11.3 Å². The van der Waals surface area contributed by atoms with Gasteiger partial charge in [-0.2, -0.15) is 5.10 Å². The maximum atomic E-state index is 12.1. The molecule has 2 N–H and O–H groups in total. The zero-order valence-electron chi connectivity index (χ0n) is 13.5. The maximum Gasteiger partial charge on any atom is 0.283 e. The fourth-order valence-electron chi connectivity index (χ4n) is 2.07. The molecular weight excluding hydrogens is 334 g/mol. The van der Waals surface area contributed by atoms with Crippen molar-refractivity contribution in [2.24, 2.45) is 11.3 Å². The third kappa shape index (κ3) is 6.18. The molecule has 1 atom stereocenters. The van der Waals surface area contributed by atoms with Crippen LogP contribution in [0.2, 0.25) is 0 Å². The van der Waals surface area contributed by atoms with E-state index in [1.807, 2.05) is 13.8 Å². The van der Waals surface area contributed by atoms with Crippen LogP contribution in [0.4, 0.5) is 5.69 Å². The number of aliphatic hydroxyl groups is 1. The van der Waals surface area contributed by atoms with E-state index in [0.29, 0.717) is 35.6 Å². The van der Waals surface area contributed by atoms with Crippen molar-refractivity contribution in [3.8, 4) is 0 Å². The van der Waals surface area contributed by atoms with Gasteiger partial charge >= 0.3 is 0 Å². The van der Waals surface area contributed by atoms with Crippen molar-refractivity contribution in [3.63, 3.8) is 0 Å².